The number of aromatic nitrogens is 1. The zero-order valence-electron chi connectivity index (χ0n) is 17.0. The van der Waals surface area contributed by atoms with Gasteiger partial charge in [0.1, 0.15) is 11.4 Å². The Bertz CT molecular complexity index is 973. The van der Waals surface area contributed by atoms with Gasteiger partial charge in [-0.15, -0.1) is 0 Å². The van der Waals surface area contributed by atoms with Crippen molar-refractivity contribution in [2.24, 2.45) is 5.92 Å². The Morgan fingerprint density at radius 1 is 1.13 bits per heavy atom. The highest BCUT2D eigenvalue weighted by Crippen LogP contribution is 2.38. The highest BCUT2D eigenvalue weighted by atomic mass is 16.5. The monoisotopic (exact) mass is 407 g/mol. The van der Waals surface area contributed by atoms with E-state index in [9.17, 15) is 14.7 Å². The zero-order chi connectivity index (χ0) is 21.1. The van der Waals surface area contributed by atoms with E-state index in [1.807, 2.05) is 23.1 Å². The molecule has 0 spiro atoms. The van der Waals surface area contributed by atoms with Gasteiger partial charge < -0.3 is 14.7 Å². The summed E-state index contributed by atoms with van der Waals surface area (Å²) in [6, 6.07) is 10.9. The largest absolute Gasteiger partial charge is 0.496 e. The first-order valence-electron chi connectivity index (χ1n) is 10.1. The molecule has 2 aromatic rings. The first-order chi connectivity index (χ1) is 14.6. The molecule has 4 rings (SSSR count). The van der Waals surface area contributed by atoms with Crippen molar-refractivity contribution >= 4 is 17.4 Å². The normalized spacial score (nSPS) is 19.6. The van der Waals surface area contributed by atoms with Crippen molar-refractivity contribution in [3.63, 3.8) is 0 Å². The smallest absolute Gasteiger partial charge is 0.278 e. The van der Waals surface area contributed by atoms with Crippen LogP contribution in [0.4, 0.5) is 0 Å². The minimum Gasteiger partial charge on any atom is -0.496 e. The molecular weight excluding hydrogens is 382 g/mol. The van der Waals surface area contributed by atoms with Crippen LogP contribution in [0.2, 0.25) is 0 Å². The number of hydrogen-bond acceptors (Lipinski definition) is 6. The van der Waals surface area contributed by atoms with Crippen molar-refractivity contribution in [1.29, 1.82) is 0 Å². The van der Waals surface area contributed by atoms with Crippen LogP contribution < -0.4 is 4.74 Å². The average molecular weight is 407 g/mol. The Morgan fingerprint density at radius 2 is 1.90 bits per heavy atom. The van der Waals surface area contributed by atoms with Crippen LogP contribution in [0.5, 0.6) is 5.75 Å². The van der Waals surface area contributed by atoms with Crippen molar-refractivity contribution in [2.45, 2.75) is 19.4 Å². The maximum absolute atomic E-state index is 13.5. The fraction of sp³-hybridized carbons (Fsp3) is 0.348. The summed E-state index contributed by atoms with van der Waals surface area (Å²) in [7, 11) is 1.55. The van der Waals surface area contributed by atoms with Gasteiger partial charge in [0.2, 0.25) is 0 Å². The van der Waals surface area contributed by atoms with Crippen LogP contribution in [0, 0.1) is 5.92 Å². The minimum atomic E-state index is -0.331. The second kappa shape index (κ2) is 8.67. The maximum atomic E-state index is 13.5. The Morgan fingerprint density at radius 3 is 2.63 bits per heavy atom. The molecule has 1 N–H and O–H groups in total. The van der Waals surface area contributed by atoms with Gasteiger partial charge in [0.05, 0.1) is 19.2 Å². The van der Waals surface area contributed by atoms with E-state index < -0.39 is 0 Å². The molecule has 2 amide bonds. The summed E-state index contributed by atoms with van der Waals surface area (Å²) >= 11 is 0. The first-order valence-corrected chi connectivity index (χ1v) is 10.1. The highest BCUT2D eigenvalue weighted by molar-refractivity contribution is 6.35. The predicted octanol–water partition coefficient (Wildman–Crippen LogP) is 2.07. The highest BCUT2D eigenvalue weighted by Gasteiger charge is 2.43. The lowest BCUT2D eigenvalue weighted by Gasteiger charge is -2.34. The van der Waals surface area contributed by atoms with Crippen molar-refractivity contribution in [1.82, 2.24) is 14.8 Å². The van der Waals surface area contributed by atoms with Crippen LogP contribution in [-0.2, 0) is 16.1 Å². The van der Waals surface area contributed by atoms with E-state index >= 15 is 0 Å². The number of aliphatic hydroxyl groups is 1. The van der Waals surface area contributed by atoms with Gasteiger partial charge in [0.25, 0.3) is 11.8 Å². The van der Waals surface area contributed by atoms with E-state index in [4.69, 9.17) is 4.74 Å². The lowest BCUT2D eigenvalue weighted by Crippen LogP contribution is -2.40. The number of likely N-dealkylation sites (tertiary alicyclic amines) is 1. The van der Waals surface area contributed by atoms with Crippen LogP contribution >= 0.6 is 0 Å². The average Bonchev–Trinajstić information content (AvgIpc) is 3.04. The number of piperidine rings is 1. The van der Waals surface area contributed by atoms with Gasteiger partial charge in [0.15, 0.2) is 0 Å². The summed E-state index contributed by atoms with van der Waals surface area (Å²) < 4.78 is 5.49. The SMILES string of the molecule is COc1ccccc1C1=C(N2CCCC(CO)C2)C(=O)N(Cc2ccncc2)C1=O. The fourth-order valence-corrected chi connectivity index (χ4v) is 4.18. The van der Waals surface area contributed by atoms with E-state index in [0.717, 1.165) is 18.4 Å². The summed E-state index contributed by atoms with van der Waals surface area (Å²) in [5, 5.41) is 9.65. The van der Waals surface area contributed by atoms with E-state index in [1.165, 1.54) is 4.90 Å². The molecule has 1 fully saturated rings. The summed E-state index contributed by atoms with van der Waals surface area (Å²) in [6.07, 6.45) is 5.06. The molecule has 0 radical (unpaired) electrons. The number of ether oxygens (including phenoxy) is 1. The number of hydrogen-bond donors (Lipinski definition) is 1. The number of carbonyl (C=O) groups is 2. The standard InChI is InChI=1S/C23H25N3O4/c1-30-19-7-3-2-6-18(19)20-21(25-12-4-5-17(13-25)15-27)23(29)26(22(20)28)14-16-8-10-24-11-9-16/h2-3,6-11,17,27H,4-5,12-15H2,1H3. The molecule has 30 heavy (non-hydrogen) atoms. The molecule has 2 aliphatic rings. The number of pyridine rings is 1. The van der Waals surface area contributed by atoms with Gasteiger partial charge in [-0.1, -0.05) is 18.2 Å². The summed E-state index contributed by atoms with van der Waals surface area (Å²) in [5.74, 6) is -0.00584. The van der Waals surface area contributed by atoms with Crippen molar-refractivity contribution in [2.75, 3.05) is 26.8 Å². The molecule has 156 valence electrons. The molecule has 7 heteroatoms. The molecule has 0 aliphatic carbocycles. The molecule has 2 aliphatic heterocycles. The zero-order valence-corrected chi connectivity index (χ0v) is 17.0. The number of benzene rings is 1. The topological polar surface area (TPSA) is 83.0 Å². The molecule has 1 aromatic carbocycles. The Kier molecular flexibility index (Phi) is 5.81. The second-order valence-electron chi connectivity index (χ2n) is 7.61. The molecule has 0 saturated carbocycles. The molecule has 3 heterocycles. The number of para-hydroxylation sites is 1. The van der Waals surface area contributed by atoms with Gasteiger partial charge in [-0.25, -0.2) is 0 Å². The van der Waals surface area contributed by atoms with Crippen LogP contribution in [0.15, 0.2) is 54.5 Å². The van der Waals surface area contributed by atoms with E-state index in [2.05, 4.69) is 4.98 Å². The number of methoxy groups -OCH3 is 1. The lowest BCUT2D eigenvalue weighted by atomic mass is 9.96. The van der Waals surface area contributed by atoms with Gasteiger partial charge in [-0.3, -0.25) is 19.5 Å². The van der Waals surface area contributed by atoms with Gasteiger partial charge in [0, 0.05) is 37.7 Å². The van der Waals surface area contributed by atoms with Gasteiger partial charge in [-0.2, -0.15) is 0 Å². The lowest BCUT2D eigenvalue weighted by molar-refractivity contribution is -0.138. The van der Waals surface area contributed by atoms with E-state index in [-0.39, 0.29) is 30.9 Å². The Labute approximate surface area is 175 Å². The number of nitrogens with zero attached hydrogens (tertiary/aromatic N) is 3. The third-order valence-corrected chi connectivity index (χ3v) is 5.70. The Balaban J connectivity index is 1.78. The molecule has 7 nitrogen and oxygen atoms in total. The fourth-order valence-electron chi connectivity index (χ4n) is 4.18. The quantitative estimate of drug-likeness (QED) is 0.739. The van der Waals surface area contributed by atoms with Gasteiger partial charge in [-0.05, 0) is 42.5 Å². The number of aliphatic hydroxyl groups excluding tert-OH is 1. The maximum Gasteiger partial charge on any atom is 0.278 e. The van der Waals surface area contributed by atoms with Gasteiger partial charge >= 0.3 is 0 Å². The van der Waals surface area contributed by atoms with E-state index in [0.29, 0.717) is 35.7 Å². The summed E-state index contributed by atoms with van der Waals surface area (Å²) in [6.45, 7) is 1.47. The molecule has 1 aromatic heterocycles. The summed E-state index contributed by atoms with van der Waals surface area (Å²) in [4.78, 5) is 34.2. The van der Waals surface area contributed by atoms with Crippen LogP contribution in [0.1, 0.15) is 24.0 Å². The number of carbonyl (C=O) groups excluding carboxylic acids is 2. The minimum absolute atomic E-state index is 0.0661. The third-order valence-electron chi connectivity index (χ3n) is 5.70. The van der Waals surface area contributed by atoms with Crippen molar-refractivity contribution in [3.8, 4) is 5.75 Å². The number of amides is 2. The predicted molar refractivity (Wildman–Crippen MR) is 111 cm³/mol. The second-order valence-corrected chi connectivity index (χ2v) is 7.61. The van der Waals surface area contributed by atoms with Crippen LogP contribution in [-0.4, -0.2) is 58.5 Å². The first kappa shape index (κ1) is 20.1. The molecule has 1 unspecified atom stereocenters. The summed E-state index contributed by atoms with van der Waals surface area (Å²) in [5.41, 5.74) is 2.21. The number of rotatable bonds is 6. The third kappa shape index (κ3) is 3.68. The molecule has 1 saturated heterocycles. The molecule has 0 bridgehead atoms. The number of imide groups is 1. The van der Waals surface area contributed by atoms with E-state index in [1.54, 1.807) is 37.7 Å². The van der Waals surface area contributed by atoms with Crippen LogP contribution in [0.3, 0.4) is 0 Å². The van der Waals surface area contributed by atoms with Crippen molar-refractivity contribution in [3.05, 3.63) is 65.6 Å². The van der Waals surface area contributed by atoms with Crippen molar-refractivity contribution < 1.29 is 19.4 Å². The molecular formula is C23H25N3O4. The molecule has 1 atom stereocenters. The van der Waals surface area contributed by atoms with Crippen LogP contribution in [0.25, 0.3) is 5.57 Å². The Hall–Kier alpha value is -3.19.